The molecule has 2 unspecified atom stereocenters. The van der Waals surface area contributed by atoms with Gasteiger partial charge in [0.1, 0.15) is 5.82 Å². The summed E-state index contributed by atoms with van der Waals surface area (Å²) in [5, 5.41) is 0.689. The molecule has 0 N–H and O–H groups in total. The highest BCUT2D eigenvalue weighted by atomic mass is 79.9. The second-order valence-electron chi connectivity index (χ2n) is 5.34. The quantitative estimate of drug-likeness (QED) is 0.764. The van der Waals surface area contributed by atoms with Crippen molar-refractivity contribution in [2.45, 2.75) is 43.2 Å². The van der Waals surface area contributed by atoms with E-state index in [0.29, 0.717) is 18.0 Å². The zero-order chi connectivity index (χ0) is 13.2. The number of alkyl halides is 1. The fourth-order valence-corrected chi connectivity index (χ4v) is 3.82. The molecule has 2 nitrogen and oxygen atoms in total. The predicted molar refractivity (Wildman–Crippen MR) is 78.4 cm³/mol. The summed E-state index contributed by atoms with van der Waals surface area (Å²) < 4.78 is 20.1. The molecule has 0 spiro atoms. The monoisotopic (exact) mass is 327 g/mol. The molecule has 1 saturated heterocycles. The lowest BCUT2D eigenvalue weighted by Crippen LogP contribution is -2.53. The van der Waals surface area contributed by atoms with Crippen molar-refractivity contribution in [3.8, 4) is 0 Å². The molecule has 0 amide bonds. The highest BCUT2D eigenvalue weighted by Gasteiger charge is 2.35. The summed E-state index contributed by atoms with van der Waals surface area (Å²) in [7, 11) is 0. The van der Waals surface area contributed by atoms with Gasteiger partial charge in [-0.3, -0.25) is 0 Å². The third-order valence-electron chi connectivity index (χ3n) is 4.23. The summed E-state index contributed by atoms with van der Waals surface area (Å²) in [6.45, 7) is 1.50. The Kier molecular flexibility index (Phi) is 4.08. The first-order valence-electron chi connectivity index (χ1n) is 7.03. The Balaban J connectivity index is 1.96. The number of halogens is 2. The van der Waals surface area contributed by atoms with E-state index >= 15 is 0 Å². The second-order valence-corrected chi connectivity index (χ2v) is 5.90. The number of ether oxygens (including phenoxy) is 1. The van der Waals surface area contributed by atoms with Crippen LogP contribution in [0.3, 0.4) is 0 Å². The molecule has 1 aliphatic heterocycles. The van der Waals surface area contributed by atoms with E-state index in [1.165, 1.54) is 12.8 Å². The van der Waals surface area contributed by atoms with Crippen molar-refractivity contribution >= 4 is 21.6 Å². The standard InChI is InChI=1S/C15H19BrFNO/c16-10-11-4-3-5-12(17)15(11)18-8-9-19-14-7-2-1-6-13(14)18/h3-5,13-14H,1-2,6-10H2. The number of morpholine rings is 1. The Morgan fingerprint density at radius 2 is 2.16 bits per heavy atom. The first kappa shape index (κ1) is 13.4. The molecule has 0 bridgehead atoms. The summed E-state index contributed by atoms with van der Waals surface area (Å²) in [6, 6.07) is 5.70. The third kappa shape index (κ3) is 2.52. The normalized spacial score (nSPS) is 27.2. The maximum Gasteiger partial charge on any atom is 0.146 e. The molecule has 4 heteroatoms. The molecule has 2 fully saturated rings. The molecule has 1 heterocycles. The van der Waals surface area contributed by atoms with E-state index in [1.54, 1.807) is 12.1 Å². The molecular weight excluding hydrogens is 309 g/mol. The van der Waals surface area contributed by atoms with E-state index in [2.05, 4.69) is 20.8 Å². The van der Waals surface area contributed by atoms with Gasteiger partial charge in [0, 0.05) is 11.9 Å². The van der Waals surface area contributed by atoms with E-state index in [-0.39, 0.29) is 11.9 Å². The molecule has 1 aromatic rings. The third-order valence-corrected chi connectivity index (χ3v) is 4.84. The van der Waals surface area contributed by atoms with Crippen molar-refractivity contribution in [2.75, 3.05) is 18.1 Å². The number of para-hydroxylation sites is 1. The van der Waals surface area contributed by atoms with Crippen molar-refractivity contribution in [1.82, 2.24) is 0 Å². The minimum Gasteiger partial charge on any atom is -0.374 e. The van der Waals surface area contributed by atoms with E-state index < -0.39 is 0 Å². The Morgan fingerprint density at radius 3 is 3.00 bits per heavy atom. The van der Waals surface area contributed by atoms with Crippen LogP contribution in [0.1, 0.15) is 31.2 Å². The molecule has 2 aliphatic rings. The molecule has 19 heavy (non-hydrogen) atoms. The van der Waals surface area contributed by atoms with Gasteiger partial charge in [0.25, 0.3) is 0 Å². The lowest BCUT2D eigenvalue weighted by Gasteiger charge is -2.45. The van der Waals surface area contributed by atoms with Crippen LogP contribution in [0.4, 0.5) is 10.1 Å². The zero-order valence-electron chi connectivity index (χ0n) is 10.9. The lowest BCUT2D eigenvalue weighted by molar-refractivity contribution is -0.00895. The average Bonchev–Trinajstić information content (AvgIpc) is 2.46. The van der Waals surface area contributed by atoms with Gasteiger partial charge in [-0.05, 0) is 24.5 Å². The van der Waals surface area contributed by atoms with Crippen molar-refractivity contribution < 1.29 is 9.13 Å². The van der Waals surface area contributed by atoms with Crippen LogP contribution in [-0.2, 0) is 10.1 Å². The highest BCUT2D eigenvalue weighted by molar-refractivity contribution is 9.08. The SMILES string of the molecule is Fc1cccc(CBr)c1N1CCOC2CCCCC21. The number of hydrogen-bond acceptors (Lipinski definition) is 2. The molecular formula is C15H19BrFNO. The number of hydrogen-bond donors (Lipinski definition) is 0. The minimum absolute atomic E-state index is 0.108. The summed E-state index contributed by atoms with van der Waals surface area (Å²) in [5.41, 5.74) is 1.81. The van der Waals surface area contributed by atoms with Crippen LogP contribution in [0, 0.1) is 5.82 Å². The Hall–Kier alpha value is -0.610. The Labute approximate surface area is 122 Å². The molecule has 0 radical (unpaired) electrons. The summed E-state index contributed by atoms with van der Waals surface area (Å²) in [4.78, 5) is 2.25. The smallest absolute Gasteiger partial charge is 0.146 e. The largest absolute Gasteiger partial charge is 0.374 e. The zero-order valence-corrected chi connectivity index (χ0v) is 12.5. The summed E-state index contributed by atoms with van der Waals surface area (Å²) >= 11 is 3.47. The molecule has 2 atom stereocenters. The van der Waals surface area contributed by atoms with Gasteiger partial charge in [0.15, 0.2) is 0 Å². The number of benzene rings is 1. The van der Waals surface area contributed by atoms with E-state index in [4.69, 9.17) is 4.74 Å². The van der Waals surface area contributed by atoms with Gasteiger partial charge in [0.05, 0.1) is 24.4 Å². The molecule has 1 aliphatic carbocycles. The molecule has 3 rings (SSSR count). The maximum absolute atomic E-state index is 14.3. The molecule has 104 valence electrons. The van der Waals surface area contributed by atoms with Gasteiger partial charge < -0.3 is 9.64 Å². The summed E-state index contributed by atoms with van der Waals surface area (Å²) in [5.74, 6) is -0.108. The first-order chi connectivity index (χ1) is 9.31. The fourth-order valence-electron chi connectivity index (χ4n) is 3.36. The predicted octanol–water partition coefficient (Wildman–Crippen LogP) is 3.87. The number of anilines is 1. The van der Waals surface area contributed by atoms with Gasteiger partial charge in [0.2, 0.25) is 0 Å². The van der Waals surface area contributed by atoms with Crippen LogP contribution in [-0.4, -0.2) is 25.3 Å². The van der Waals surface area contributed by atoms with Gasteiger partial charge in [-0.2, -0.15) is 0 Å². The Bertz CT molecular complexity index is 452. The molecule has 0 aromatic heterocycles. The van der Waals surface area contributed by atoms with Gasteiger partial charge in [-0.15, -0.1) is 0 Å². The lowest BCUT2D eigenvalue weighted by atomic mass is 9.89. The Morgan fingerprint density at radius 1 is 1.32 bits per heavy atom. The minimum atomic E-state index is -0.108. The number of rotatable bonds is 2. The number of fused-ring (bicyclic) bond motifs is 1. The van der Waals surface area contributed by atoms with Crippen LogP contribution in [0.15, 0.2) is 18.2 Å². The van der Waals surface area contributed by atoms with E-state index in [1.807, 2.05) is 6.07 Å². The van der Waals surface area contributed by atoms with Crippen molar-refractivity contribution in [3.05, 3.63) is 29.6 Å². The van der Waals surface area contributed by atoms with Crippen LogP contribution < -0.4 is 4.90 Å². The van der Waals surface area contributed by atoms with Crippen molar-refractivity contribution in [3.63, 3.8) is 0 Å². The van der Waals surface area contributed by atoms with Crippen LogP contribution in [0.2, 0.25) is 0 Å². The van der Waals surface area contributed by atoms with E-state index in [0.717, 1.165) is 30.6 Å². The van der Waals surface area contributed by atoms with Crippen LogP contribution in [0.5, 0.6) is 0 Å². The maximum atomic E-state index is 14.3. The summed E-state index contributed by atoms with van der Waals surface area (Å²) in [6.07, 6.45) is 4.96. The van der Waals surface area contributed by atoms with Gasteiger partial charge in [-0.25, -0.2) is 4.39 Å². The fraction of sp³-hybridized carbons (Fsp3) is 0.600. The molecule has 1 saturated carbocycles. The van der Waals surface area contributed by atoms with E-state index in [9.17, 15) is 4.39 Å². The first-order valence-corrected chi connectivity index (χ1v) is 8.15. The second kappa shape index (κ2) is 5.80. The van der Waals surface area contributed by atoms with Gasteiger partial charge in [-0.1, -0.05) is 40.9 Å². The highest BCUT2D eigenvalue weighted by Crippen LogP contribution is 2.35. The number of nitrogens with zero attached hydrogens (tertiary/aromatic N) is 1. The topological polar surface area (TPSA) is 12.5 Å². The molecule has 1 aromatic carbocycles. The van der Waals surface area contributed by atoms with Crippen LogP contribution >= 0.6 is 15.9 Å². The van der Waals surface area contributed by atoms with Crippen molar-refractivity contribution in [1.29, 1.82) is 0 Å². The van der Waals surface area contributed by atoms with Crippen molar-refractivity contribution in [2.24, 2.45) is 0 Å². The van der Waals surface area contributed by atoms with Crippen LogP contribution in [0.25, 0.3) is 0 Å². The average molecular weight is 328 g/mol. The van der Waals surface area contributed by atoms with Gasteiger partial charge >= 0.3 is 0 Å².